The first kappa shape index (κ1) is 18.1. The molecule has 0 fully saturated rings. The number of methoxy groups -OCH3 is 1. The summed E-state index contributed by atoms with van der Waals surface area (Å²) in [6, 6.07) is 11.9. The topological polar surface area (TPSA) is 113 Å². The first-order chi connectivity index (χ1) is 13.0. The van der Waals surface area contributed by atoms with Crippen LogP contribution in [0.4, 0.5) is 11.4 Å². The Balaban J connectivity index is 1.85. The van der Waals surface area contributed by atoms with Gasteiger partial charge >= 0.3 is 0 Å². The molecule has 0 spiro atoms. The quantitative estimate of drug-likeness (QED) is 0.640. The molecule has 1 aromatic heterocycles. The zero-order valence-electron chi connectivity index (χ0n) is 14.8. The van der Waals surface area contributed by atoms with Gasteiger partial charge in [-0.05, 0) is 24.3 Å². The van der Waals surface area contributed by atoms with Gasteiger partial charge in [-0.25, -0.2) is 5.10 Å². The van der Waals surface area contributed by atoms with Crippen LogP contribution in [-0.4, -0.2) is 29.1 Å². The Kier molecular flexibility index (Phi) is 5.16. The maximum Gasteiger partial charge on any atom is 0.272 e. The van der Waals surface area contributed by atoms with Gasteiger partial charge < -0.3 is 15.4 Å². The van der Waals surface area contributed by atoms with Gasteiger partial charge in [0.2, 0.25) is 11.8 Å². The number of nitrogens with one attached hydrogen (secondary N) is 3. The number of aromatic amines is 1. The van der Waals surface area contributed by atoms with Crippen molar-refractivity contribution >= 4 is 34.0 Å². The maximum absolute atomic E-state index is 12.5. The predicted octanol–water partition coefficient (Wildman–Crippen LogP) is 2.07. The highest BCUT2D eigenvalue weighted by Crippen LogP contribution is 2.28. The second kappa shape index (κ2) is 7.69. The van der Waals surface area contributed by atoms with Gasteiger partial charge in [0.25, 0.3) is 5.56 Å². The minimum atomic E-state index is -0.335. The molecule has 27 heavy (non-hydrogen) atoms. The van der Waals surface area contributed by atoms with Gasteiger partial charge in [-0.1, -0.05) is 18.2 Å². The van der Waals surface area contributed by atoms with E-state index >= 15 is 0 Å². The summed E-state index contributed by atoms with van der Waals surface area (Å²) >= 11 is 0. The normalized spacial score (nSPS) is 10.4. The highest BCUT2D eigenvalue weighted by Gasteiger charge is 2.13. The molecule has 0 unspecified atom stereocenters. The first-order valence-corrected chi connectivity index (χ1v) is 8.19. The van der Waals surface area contributed by atoms with Crippen molar-refractivity contribution in [1.29, 1.82) is 0 Å². The molecule has 3 rings (SSSR count). The Morgan fingerprint density at radius 1 is 1.11 bits per heavy atom. The summed E-state index contributed by atoms with van der Waals surface area (Å²) in [5.41, 5.74) is 1.10. The molecule has 0 bridgehead atoms. The number of H-pyrrole nitrogens is 1. The molecule has 0 aliphatic rings. The smallest absolute Gasteiger partial charge is 0.272 e. The molecular weight excluding hydrogens is 348 g/mol. The molecule has 3 N–H and O–H groups in total. The van der Waals surface area contributed by atoms with Gasteiger partial charge in [-0.15, -0.1) is 0 Å². The highest BCUT2D eigenvalue weighted by atomic mass is 16.5. The Bertz CT molecular complexity index is 1070. The predicted molar refractivity (Wildman–Crippen MR) is 102 cm³/mol. The van der Waals surface area contributed by atoms with E-state index in [1.165, 1.54) is 14.0 Å². The number of nitrogens with zero attached hydrogens (tertiary/aromatic N) is 1. The van der Waals surface area contributed by atoms with E-state index in [4.69, 9.17) is 4.74 Å². The van der Waals surface area contributed by atoms with Crippen LogP contribution in [0.15, 0.2) is 47.3 Å². The summed E-state index contributed by atoms with van der Waals surface area (Å²) in [6.07, 6.45) is -0.0369. The van der Waals surface area contributed by atoms with Crippen molar-refractivity contribution in [3.8, 4) is 5.75 Å². The molecule has 0 aliphatic heterocycles. The van der Waals surface area contributed by atoms with Crippen LogP contribution in [0.3, 0.4) is 0 Å². The largest absolute Gasteiger partial charge is 0.495 e. The molecule has 8 nitrogen and oxygen atoms in total. The summed E-state index contributed by atoms with van der Waals surface area (Å²) in [5, 5.41) is 12.9. The third kappa shape index (κ3) is 4.12. The summed E-state index contributed by atoms with van der Waals surface area (Å²) in [5.74, 6) is -0.101. The fourth-order valence-electron chi connectivity index (χ4n) is 2.74. The summed E-state index contributed by atoms with van der Waals surface area (Å²) in [6.45, 7) is 1.40. The number of amides is 2. The number of carbonyl (C=O) groups is 2. The average molecular weight is 366 g/mol. The lowest BCUT2D eigenvalue weighted by Crippen LogP contribution is -2.19. The van der Waals surface area contributed by atoms with Crippen molar-refractivity contribution in [3.63, 3.8) is 0 Å². The summed E-state index contributed by atoms with van der Waals surface area (Å²) in [7, 11) is 1.49. The van der Waals surface area contributed by atoms with Crippen LogP contribution in [0.5, 0.6) is 5.75 Å². The van der Waals surface area contributed by atoms with E-state index in [1.54, 1.807) is 42.5 Å². The van der Waals surface area contributed by atoms with Crippen LogP contribution in [0, 0.1) is 0 Å². The van der Waals surface area contributed by atoms with Gasteiger partial charge in [0.05, 0.1) is 30.3 Å². The Hall–Kier alpha value is -3.68. The molecule has 0 saturated heterocycles. The summed E-state index contributed by atoms with van der Waals surface area (Å²) < 4.78 is 5.25. The monoisotopic (exact) mass is 366 g/mol. The second-order valence-electron chi connectivity index (χ2n) is 5.87. The molecule has 1 heterocycles. The molecule has 8 heteroatoms. The fourth-order valence-corrected chi connectivity index (χ4v) is 2.74. The van der Waals surface area contributed by atoms with Crippen LogP contribution in [0.1, 0.15) is 12.6 Å². The second-order valence-corrected chi connectivity index (χ2v) is 5.87. The van der Waals surface area contributed by atoms with E-state index in [-0.39, 0.29) is 23.8 Å². The van der Waals surface area contributed by atoms with Crippen LogP contribution < -0.4 is 20.9 Å². The lowest BCUT2D eigenvalue weighted by Gasteiger charge is -2.12. The first-order valence-electron chi connectivity index (χ1n) is 8.19. The number of rotatable bonds is 5. The number of ether oxygens (including phenoxy) is 1. The van der Waals surface area contributed by atoms with Gasteiger partial charge in [-0.2, -0.15) is 5.10 Å². The van der Waals surface area contributed by atoms with Crippen LogP contribution >= 0.6 is 0 Å². The van der Waals surface area contributed by atoms with Gasteiger partial charge in [0.1, 0.15) is 5.75 Å². The van der Waals surface area contributed by atoms with Crippen molar-refractivity contribution in [2.45, 2.75) is 13.3 Å². The lowest BCUT2D eigenvalue weighted by atomic mass is 10.1. The fraction of sp³-hybridized carbons (Fsp3) is 0.158. The SMILES string of the molecule is COc1ccc(NC(C)=O)cc1NC(=O)Cc1n[nH]c(=O)c2ccccc12. The van der Waals surface area contributed by atoms with Crippen LogP contribution in [0.25, 0.3) is 10.8 Å². The van der Waals surface area contributed by atoms with Crippen LogP contribution in [0.2, 0.25) is 0 Å². The minimum absolute atomic E-state index is 0.0369. The molecule has 2 amide bonds. The molecule has 138 valence electrons. The molecule has 0 saturated carbocycles. The number of carbonyl (C=O) groups excluding carboxylic acids is 2. The minimum Gasteiger partial charge on any atom is -0.495 e. The van der Waals surface area contributed by atoms with E-state index in [9.17, 15) is 14.4 Å². The van der Waals surface area contributed by atoms with Crippen molar-refractivity contribution in [2.24, 2.45) is 0 Å². The van der Waals surface area contributed by atoms with Gasteiger partial charge in [0.15, 0.2) is 0 Å². The average Bonchev–Trinajstić information content (AvgIpc) is 2.64. The molecule has 2 aromatic carbocycles. The van der Waals surface area contributed by atoms with Gasteiger partial charge in [-0.3, -0.25) is 14.4 Å². The number of hydrogen-bond acceptors (Lipinski definition) is 5. The van der Waals surface area contributed by atoms with Crippen molar-refractivity contribution in [1.82, 2.24) is 10.2 Å². The third-order valence-electron chi connectivity index (χ3n) is 3.90. The zero-order chi connectivity index (χ0) is 19.4. The molecule has 0 atom stereocenters. The zero-order valence-corrected chi connectivity index (χ0v) is 14.8. The van der Waals surface area contributed by atoms with E-state index in [0.29, 0.717) is 33.6 Å². The Morgan fingerprint density at radius 2 is 1.85 bits per heavy atom. The maximum atomic E-state index is 12.5. The Morgan fingerprint density at radius 3 is 2.56 bits per heavy atom. The van der Waals surface area contributed by atoms with E-state index < -0.39 is 0 Å². The lowest BCUT2D eigenvalue weighted by molar-refractivity contribution is -0.116. The van der Waals surface area contributed by atoms with Crippen molar-refractivity contribution in [3.05, 3.63) is 58.5 Å². The van der Waals surface area contributed by atoms with Crippen molar-refractivity contribution < 1.29 is 14.3 Å². The number of benzene rings is 2. The molecular formula is C19H18N4O4. The van der Waals surface area contributed by atoms with Crippen molar-refractivity contribution in [2.75, 3.05) is 17.7 Å². The van der Waals surface area contributed by atoms with E-state index in [2.05, 4.69) is 20.8 Å². The number of anilines is 2. The third-order valence-corrected chi connectivity index (χ3v) is 3.90. The van der Waals surface area contributed by atoms with Crippen LogP contribution in [-0.2, 0) is 16.0 Å². The van der Waals surface area contributed by atoms with E-state index in [1.807, 2.05) is 0 Å². The molecule has 0 aliphatic carbocycles. The van der Waals surface area contributed by atoms with Gasteiger partial charge in [0, 0.05) is 18.0 Å². The summed E-state index contributed by atoms with van der Waals surface area (Å²) in [4.78, 5) is 35.6. The van der Waals surface area contributed by atoms with E-state index in [0.717, 1.165) is 0 Å². The Labute approximate surface area is 154 Å². The number of fused-ring (bicyclic) bond motifs is 1. The number of hydrogen-bond donors (Lipinski definition) is 3. The number of aromatic nitrogens is 2. The molecule has 0 radical (unpaired) electrons. The molecule has 3 aromatic rings. The highest BCUT2D eigenvalue weighted by molar-refractivity contribution is 5.97. The standard InChI is InChI=1S/C19H18N4O4/c1-11(24)20-12-7-8-17(27-2)16(9-12)21-18(25)10-15-13-5-3-4-6-14(13)19(26)23-22-15/h3-9H,10H2,1-2H3,(H,20,24)(H,21,25)(H,23,26).